The van der Waals surface area contributed by atoms with Crippen molar-refractivity contribution >= 4 is 17.8 Å². The summed E-state index contributed by atoms with van der Waals surface area (Å²) in [7, 11) is 1.53. The van der Waals surface area contributed by atoms with Crippen LogP contribution in [-0.2, 0) is 11.3 Å². The molecule has 1 aromatic rings. The monoisotopic (exact) mass is 183 g/mol. The van der Waals surface area contributed by atoms with Crippen molar-refractivity contribution < 1.29 is 4.84 Å². The first-order chi connectivity index (χ1) is 5.83. The molecule has 0 aromatic heterocycles. The molecule has 0 N–H and O–H groups in total. The van der Waals surface area contributed by atoms with E-state index in [1.807, 2.05) is 24.3 Å². The maximum absolute atomic E-state index is 5.71. The van der Waals surface area contributed by atoms with Crippen molar-refractivity contribution in [1.82, 2.24) is 0 Å². The van der Waals surface area contributed by atoms with E-state index >= 15 is 0 Å². The van der Waals surface area contributed by atoms with Gasteiger partial charge in [0.2, 0.25) is 0 Å². The van der Waals surface area contributed by atoms with Crippen molar-refractivity contribution in [2.45, 2.75) is 6.42 Å². The van der Waals surface area contributed by atoms with Crippen molar-refractivity contribution in [3.63, 3.8) is 0 Å². The summed E-state index contributed by atoms with van der Waals surface area (Å²) in [6.07, 6.45) is 2.48. The molecule has 0 spiro atoms. The standard InChI is InChI=1S/C9H10ClNO/c1-12-11-7-6-8-2-4-9(10)5-3-8/h2-5,7H,6H2,1H3/b11-7+. The zero-order valence-corrected chi connectivity index (χ0v) is 7.58. The molecule has 1 rings (SSSR count). The minimum Gasteiger partial charge on any atom is -0.399 e. The molecule has 0 atom stereocenters. The van der Waals surface area contributed by atoms with E-state index in [-0.39, 0.29) is 0 Å². The number of halogens is 1. The average molecular weight is 184 g/mol. The van der Waals surface area contributed by atoms with Gasteiger partial charge in [-0.25, -0.2) is 0 Å². The molecule has 64 valence electrons. The van der Waals surface area contributed by atoms with Crippen LogP contribution in [0.5, 0.6) is 0 Å². The van der Waals surface area contributed by atoms with Gasteiger partial charge in [-0.05, 0) is 17.7 Å². The van der Waals surface area contributed by atoms with Crippen LogP contribution in [-0.4, -0.2) is 13.3 Å². The Bertz CT molecular complexity index is 256. The number of hydrogen-bond donors (Lipinski definition) is 0. The van der Waals surface area contributed by atoms with Crippen molar-refractivity contribution in [3.8, 4) is 0 Å². The molecule has 0 aliphatic carbocycles. The number of rotatable bonds is 3. The Labute approximate surface area is 76.8 Å². The van der Waals surface area contributed by atoms with Crippen LogP contribution in [0.15, 0.2) is 29.4 Å². The van der Waals surface area contributed by atoms with Crippen LogP contribution in [0.3, 0.4) is 0 Å². The van der Waals surface area contributed by atoms with Gasteiger partial charge in [-0.2, -0.15) is 0 Å². The van der Waals surface area contributed by atoms with E-state index in [4.69, 9.17) is 11.6 Å². The van der Waals surface area contributed by atoms with Gasteiger partial charge in [-0.3, -0.25) is 0 Å². The fraction of sp³-hybridized carbons (Fsp3) is 0.222. The Balaban J connectivity index is 2.53. The topological polar surface area (TPSA) is 21.6 Å². The van der Waals surface area contributed by atoms with Crippen molar-refractivity contribution in [2.24, 2.45) is 5.16 Å². The van der Waals surface area contributed by atoms with Gasteiger partial charge in [0, 0.05) is 17.7 Å². The van der Waals surface area contributed by atoms with Crippen LogP contribution in [0.25, 0.3) is 0 Å². The van der Waals surface area contributed by atoms with Gasteiger partial charge < -0.3 is 4.84 Å². The van der Waals surface area contributed by atoms with Gasteiger partial charge in [0.25, 0.3) is 0 Å². The minimum atomic E-state index is 0.752. The lowest BCUT2D eigenvalue weighted by molar-refractivity contribution is 0.215. The van der Waals surface area contributed by atoms with Crippen LogP contribution >= 0.6 is 11.6 Å². The van der Waals surface area contributed by atoms with Crippen LogP contribution in [0.4, 0.5) is 0 Å². The van der Waals surface area contributed by atoms with E-state index < -0.39 is 0 Å². The second-order valence-electron chi connectivity index (χ2n) is 2.30. The third-order valence-electron chi connectivity index (χ3n) is 1.42. The predicted molar refractivity (Wildman–Crippen MR) is 50.7 cm³/mol. The Morgan fingerprint density at radius 1 is 1.42 bits per heavy atom. The molecule has 12 heavy (non-hydrogen) atoms. The highest BCUT2D eigenvalue weighted by molar-refractivity contribution is 6.30. The first-order valence-corrected chi connectivity index (χ1v) is 4.00. The number of hydrogen-bond acceptors (Lipinski definition) is 2. The largest absolute Gasteiger partial charge is 0.399 e. The van der Waals surface area contributed by atoms with Gasteiger partial charge in [-0.15, -0.1) is 0 Å². The van der Waals surface area contributed by atoms with Crippen LogP contribution in [0.1, 0.15) is 5.56 Å². The SMILES string of the molecule is CO/N=C/Cc1ccc(Cl)cc1. The molecule has 0 aliphatic heterocycles. The van der Waals surface area contributed by atoms with Gasteiger partial charge in [-0.1, -0.05) is 28.9 Å². The Morgan fingerprint density at radius 3 is 2.67 bits per heavy atom. The van der Waals surface area contributed by atoms with E-state index in [9.17, 15) is 0 Å². The lowest BCUT2D eigenvalue weighted by atomic mass is 10.2. The smallest absolute Gasteiger partial charge is 0.106 e. The third-order valence-corrected chi connectivity index (χ3v) is 1.67. The fourth-order valence-corrected chi connectivity index (χ4v) is 0.964. The normalized spacial score (nSPS) is 10.5. The first-order valence-electron chi connectivity index (χ1n) is 3.62. The van der Waals surface area contributed by atoms with Crippen molar-refractivity contribution in [3.05, 3.63) is 34.9 Å². The summed E-state index contributed by atoms with van der Waals surface area (Å²) in [4.78, 5) is 4.53. The molecule has 0 saturated carbocycles. The lowest BCUT2D eigenvalue weighted by Gasteiger charge is -1.94. The molecule has 0 fully saturated rings. The number of oxime groups is 1. The molecule has 0 saturated heterocycles. The second kappa shape index (κ2) is 4.78. The van der Waals surface area contributed by atoms with Crippen LogP contribution in [0, 0.1) is 0 Å². The van der Waals surface area contributed by atoms with Gasteiger partial charge in [0.1, 0.15) is 7.11 Å². The number of benzene rings is 1. The zero-order valence-electron chi connectivity index (χ0n) is 6.83. The molecular weight excluding hydrogens is 174 g/mol. The predicted octanol–water partition coefficient (Wildman–Crippen LogP) is 2.51. The van der Waals surface area contributed by atoms with Gasteiger partial charge in [0.15, 0.2) is 0 Å². The summed E-state index contributed by atoms with van der Waals surface area (Å²) in [6.45, 7) is 0. The average Bonchev–Trinajstić information content (AvgIpc) is 2.09. The summed E-state index contributed by atoms with van der Waals surface area (Å²) in [5.41, 5.74) is 1.17. The molecule has 3 heteroatoms. The molecule has 1 aromatic carbocycles. The van der Waals surface area contributed by atoms with E-state index in [0.29, 0.717) is 0 Å². The molecular formula is C9H10ClNO. The zero-order chi connectivity index (χ0) is 8.81. The van der Waals surface area contributed by atoms with Crippen LogP contribution in [0.2, 0.25) is 5.02 Å². The maximum atomic E-state index is 5.71. The van der Waals surface area contributed by atoms with Crippen LogP contribution < -0.4 is 0 Å². The summed E-state index contributed by atoms with van der Waals surface area (Å²) in [5, 5.41) is 4.38. The van der Waals surface area contributed by atoms with Crippen molar-refractivity contribution in [2.75, 3.05) is 7.11 Å². The fourth-order valence-electron chi connectivity index (χ4n) is 0.838. The molecule has 0 amide bonds. The molecule has 0 aliphatic rings. The summed E-state index contributed by atoms with van der Waals surface area (Å²) >= 11 is 5.71. The molecule has 0 heterocycles. The minimum absolute atomic E-state index is 0.752. The first kappa shape index (κ1) is 9.07. The quantitative estimate of drug-likeness (QED) is 0.521. The molecule has 0 unspecified atom stereocenters. The summed E-state index contributed by atoms with van der Waals surface area (Å²) < 4.78 is 0. The highest BCUT2D eigenvalue weighted by atomic mass is 35.5. The molecule has 2 nitrogen and oxygen atoms in total. The Kier molecular flexibility index (Phi) is 3.61. The molecule has 0 bridgehead atoms. The highest BCUT2D eigenvalue weighted by Crippen LogP contribution is 2.09. The highest BCUT2D eigenvalue weighted by Gasteiger charge is 1.89. The van der Waals surface area contributed by atoms with Gasteiger partial charge >= 0.3 is 0 Å². The second-order valence-corrected chi connectivity index (χ2v) is 2.74. The number of nitrogens with zero attached hydrogens (tertiary/aromatic N) is 1. The Hall–Kier alpha value is -1.02. The Morgan fingerprint density at radius 2 is 2.08 bits per heavy atom. The molecule has 0 radical (unpaired) electrons. The maximum Gasteiger partial charge on any atom is 0.106 e. The lowest BCUT2D eigenvalue weighted by Crippen LogP contribution is -1.85. The van der Waals surface area contributed by atoms with E-state index in [1.54, 1.807) is 6.21 Å². The van der Waals surface area contributed by atoms with E-state index in [1.165, 1.54) is 12.7 Å². The van der Waals surface area contributed by atoms with E-state index in [2.05, 4.69) is 9.99 Å². The van der Waals surface area contributed by atoms with E-state index in [0.717, 1.165) is 11.4 Å². The van der Waals surface area contributed by atoms with Gasteiger partial charge in [0.05, 0.1) is 0 Å². The summed E-state index contributed by atoms with van der Waals surface area (Å²) in [5.74, 6) is 0. The summed E-state index contributed by atoms with van der Waals surface area (Å²) in [6, 6.07) is 7.64. The third kappa shape index (κ3) is 2.93. The van der Waals surface area contributed by atoms with Crippen molar-refractivity contribution in [1.29, 1.82) is 0 Å².